The van der Waals surface area contributed by atoms with Crippen molar-refractivity contribution in [2.24, 2.45) is 4.99 Å². The van der Waals surface area contributed by atoms with Gasteiger partial charge in [0.2, 0.25) is 0 Å². The fourth-order valence-corrected chi connectivity index (χ4v) is 3.33. The van der Waals surface area contributed by atoms with Crippen LogP contribution in [0.2, 0.25) is 0 Å². The lowest BCUT2D eigenvalue weighted by Crippen LogP contribution is -2.44. The van der Waals surface area contributed by atoms with E-state index in [0.717, 1.165) is 25.9 Å². The molecule has 1 N–H and O–H groups in total. The Morgan fingerprint density at radius 1 is 1.05 bits per heavy atom. The third-order valence-corrected chi connectivity index (χ3v) is 4.60. The molecule has 21 heavy (non-hydrogen) atoms. The monoisotopic (exact) mass is 296 g/mol. The van der Waals surface area contributed by atoms with E-state index in [9.17, 15) is 5.11 Å². The van der Waals surface area contributed by atoms with Crippen molar-refractivity contribution in [3.63, 3.8) is 0 Å². The Hall–Kier alpha value is -0.570. The van der Waals surface area contributed by atoms with Crippen molar-refractivity contribution < 1.29 is 5.11 Å². The van der Waals surface area contributed by atoms with Gasteiger partial charge in [0.15, 0.2) is 0 Å². The van der Waals surface area contributed by atoms with Crippen molar-refractivity contribution >= 4 is 5.84 Å². The molecule has 0 amide bonds. The van der Waals surface area contributed by atoms with Crippen LogP contribution in [-0.4, -0.2) is 41.1 Å². The Labute approximate surface area is 131 Å². The van der Waals surface area contributed by atoms with Crippen LogP contribution in [0.15, 0.2) is 4.99 Å². The number of unbranched alkanes of at least 4 members (excludes halogenated alkanes) is 7. The second-order valence-corrected chi connectivity index (χ2v) is 6.43. The van der Waals surface area contributed by atoms with Crippen molar-refractivity contribution in [3.05, 3.63) is 0 Å². The molecule has 3 nitrogen and oxygen atoms in total. The smallest absolute Gasteiger partial charge is 0.0993 e. The predicted molar refractivity (Wildman–Crippen MR) is 92.0 cm³/mol. The van der Waals surface area contributed by atoms with E-state index < -0.39 is 0 Å². The fourth-order valence-electron chi connectivity index (χ4n) is 3.33. The summed E-state index contributed by atoms with van der Waals surface area (Å²) >= 11 is 0. The molecule has 0 bridgehead atoms. The van der Waals surface area contributed by atoms with Gasteiger partial charge in [0.25, 0.3) is 0 Å². The van der Waals surface area contributed by atoms with E-state index >= 15 is 0 Å². The number of hydrogen-bond donors (Lipinski definition) is 1. The molecule has 0 radical (unpaired) electrons. The molecule has 1 heterocycles. The molecule has 3 heteroatoms. The van der Waals surface area contributed by atoms with E-state index in [1.165, 1.54) is 57.2 Å². The average molecular weight is 296 g/mol. The van der Waals surface area contributed by atoms with Gasteiger partial charge >= 0.3 is 0 Å². The molecule has 2 unspecified atom stereocenters. The summed E-state index contributed by atoms with van der Waals surface area (Å²) in [4.78, 5) is 7.01. The normalized spacial score (nSPS) is 17.9. The van der Waals surface area contributed by atoms with Crippen LogP contribution in [0.1, 0.15) is 85.0 Å². The standard InChI is InChI=1S/C18H36N2O/c1-4-6-7-8-9-10-11-12-13-18-19-14-15-20(18)17(5-2)16(3)21/h16-17,21H,4-15H2,1-3H3. The molecule has 0 spiro atoms. The van der Waals surface area contributed by atoms with Gasteiger partial charge in [0, 0.05) is 13.0 Å². The Kier molecular flexibility index (Phi) is 9.73. The first-order valence-electron chi connectivity index (χ1n) is 9.18. The van der Waals surface area contributed by atoms with Crippen LogP contribution in [0, 0.1) is 0 Å². The van der Waals surface area contributed by atoms with Gasteiger partial charge in [-0.2, -0.15) is 0 Å². The minimum absolute atomic E-state index is 0.250. The molecular formula is C18H36N2O. The maximum atomic E-state index is 9.91. The highest BCUT2D eigenvalue weighted by Crippen LogP contribution is 2.18. The molecule has 2 atom stereocenters. The van der Waals surface area contributed by atoms with Crippen molar-refractivity contribution in [3.8, 4) is 0 Å². The maximum absolute atomic E-state index is 9.91. The molecule has 0 aliphatic carbocycles. The van der Waals surface area contributed by atoms with E-state index in [-0.39, 0.29) is 12.1 Å². The number of amidine groups is 1. The van der Waals surface area contributed by atoms with Gasteiger partial charge in [0.1, 0.15) is 0 Å². The molecule has 0 fully saturated rings. The zero-order valence-corrected chi connectivity index (χ0v) is 14.5. The fraction of sp³-hybridized carbons (Fsp3) is 0.944. The van der Waals surface area contributed by atoms with Crippen molar-refractivity contribution in [1.29, 1.82) is 0 Å². The molecule has 0 aromatic carbocycles. The lowest BCUT2D eigenvalue weighted by Gasteiger charge is -2.32. The molecule has 0 saturated heterocycles. The Balaban J connectivity index is 2.16. The van der Waals surface area contributed by atoms with Crippen LogP contribution in [0.25, 0.3) is 0 Å². The summed E-state index contributed by atoms with van der Waals surface area (Å²) in [6.07, 6.45) is 12.7. The summed E-state index contributed by atoms with van der Waals surface area (Å²) < 4.78 is 0. The molecule has 0 aromatic heterocycles. The second-order valence-electron chi connectivity index (χ2n) is 6.43. The minimum Gasteiger partial charge on any atom is -0.391 e. The van der Waals surface area contributed by atoms with Crippen molar-refractivity contribution in [2.45, 2.75) is 97.1 Å². The van der Waals surface area contributed by atoms with Gasteiger partial charge in [-0.3, -0.25) is 4.99 Å². The molecule has 1 rings (SSSR count). The Morgan fingerprint density at radius 2 is 1.67 bits per heavy atom. The number of rotatable bonds is 12. The third kappa shape index (κ3) is 6.82. The molecule has 1 aliphatic heterocycles. The number of nitrogens with zero attached hydrogens (tertiary/aromatic N) is 2. The largest absolute Gasteiger partial charge is 0.391 e. The molecular weight excluding hydrogens is 260 g/mol. The van der Waals surface area contributed by atoms with Crippen LogP contribution in [0.4, 0.5) is 0 Å². The van der Waals surface area contributed by atoms with Crippen LogP contribution in [-0.2, 0) is 0 Å². The highest BCUT2D eigenvalue weighted by Gasteiger charge is 2.26. The zero-order valence-electron chi connectivity index (χ0n) is 14.5. The van der Waals surface area contributed by atoms with Gasteiger partial charge in [0.05, 0.1) is 24.5 Å². The van der Waals surface area contributed by atoms with E-state index in [1.807, 2.05) is 6.92 Å². The van der Waals surface area contributed by atoms with Crippen LogP contribution < -0.4 is 0 Å². The topological polar surface area (TPSA) is 35.8 Å². The number of aliphatic hydroxyl groups is 1. The summed E-state index contributed by atoms with van der Waals surface area (Å²) in [7, 11) is 0. The highest BCUT2D eigenvalue weighted by molar-refractivity contribution is 5.84. The second kappa shape index (κ2) is 11.1. The predicted octanol–water partition coefficient (Wildman–Crippen LogP) is 4.39. The molecule has 124 valence electrons. The third-order valence-electron chi connectivity index (χ3n) is 4.60. The average Bonchev–Trinajstić information content (AvgIpc) is 2.90. The number of aliphatic hydroxyl groups excluding tert-OH is 1. The highest BCUT2D eigenvalue weighted by atomic mass is 16.3. The van der Waals surface area contributed by atoms with Crippen LogP contribution in [0.3, 0.4) is 0 Å². The van der Waals surface area contributed by atoms with E-state index in [4.69, 9.17) is 0 Å². The molecule has 0 aromatic rings. The summed E-state index contributed by atoms with van der Waals surface area (Å²) in [5.74, 6) is 1.24. The minimum atomic E-state index is -0.267. The molecule has 1 aliphatic rings. The van der Waals surface area contributed by atoms with Gasteiger partial charge < -0.3 is 10.0 Å². The van der Waals surface area contributed by atoms with Gasteiger partial charge in [-0.15, -0.1) is 0 Å². The lowest BCUT2D eigenvalue weighted by atomic mass is 10.0. The van der Waals surface area contributed by atoms with Gasteiger partial charge in [-0.1, -0.05) is 58.8 Å². The first kappa shape index (κ1) is 18.5. The Bertz CT molecular complexity index is 289. The van der Waals surface area contributed by atoms with E-state index in [1.54, 1.807) is 0 Å². The summed E-state index contributed by atoms with van der Waals surface area (Å²) in [6.45, 7) is 8.24. The molecule has 0 saturated carbocycles. The number of hydrogen-bond acceptors (Lipinski definition) is 3. The van der Waals surface area contributed by atoms with Crippen molar-refractivity contribution in [2.75, 3.05) is 13.1 Å². The lowest BCUT2D eigenvalue weighted by molar-refractivity contribution is 0.100. The quantitative estimate of drug-likeness (QED) is 0.542. The summed E-state index contributed by atoms with van der Waals surface area (Å²) in [6, 6.07) is 0.250. The maximum Gasteiger partial charge on any atom is 0.0993 e. The SMILES string of the molecule is CCCCCCCCCCC1=NCCN1C(CC)C(C)O. The van der Waals surface area contributed by atoms with E-state index in [0.29, 0.717) is 0 Å². The van der Waals surface area contributed by atoms with E-state index in [2.05, 4.69) is 23.7 Å². The summed E-state index contributed by atoms with van der Waals surface area (Å²) in [5.41, 5.74) is 0. The van der Waals surface area contributed by atoms with Crippen LogP contribution in [0.5, 0.6) is 0 Å². The van der Waals surface area contributed by atoms with Crippen LogP contribution >= 0.6 is 0 Å². The Morgan fingerprint density at radius 3 is 2.24 bits per heavy atom. The van der Waals surface area contributed by atoms with Gasteiger partial charge in [-0.25, -0.2) is 0 Å². The first-order valence-corrected chi connectivity index (χ1v) is 9.18. The van der Waals surface area contributed by atoms with Gasteiger partial charge in [-0.05, 0) is 19.8 Å². The zero-order chi connectivity index (χ0) is 15.5. The first-order chi connectivity index (χ1) is 10.2. The summed E-state index contributed by atoms with van der Waals surface area (Å²) in [5, 5.41) is 9.91. The number of aliphatic imine (C=N–C) groups is 1. The van der Waals surface area contributed by atoms with Crippen molar-refractivity contribution in [1.82, 2.24) is 4.90 Å².